The molecule has 0 saturated carbocycles. The Morgan fingerprint density at radius 2 is 1.85 bits per heavy atom. The number of rotatable bonds is 9. The van der Waals surface area contributed by atoms with E-state index in [1.807, 2.05) is 0 Å². The van der Waals surface area contributed by atoms with E-state index in [1.165, 1.54) is 38.5 Å². The molecule has 0 unspecified atom stereocenters. The molecule has 2 nitrogen and oxygen atoms in total. The van der Waals surface area contributed by atoms with Gasteiger partial charge in [0.1, 0.15) is 0 Å². The molecule has 0 saturated heterocycles. The van der Waals surface area contributed by atoms with Gasteiger partial charge < -0.3 is 0 Å². The molecule has 1 N–H and O–H groups in total. The molecule has 0 rings (SSSR count). The second-order valence-corrected chi connectivity index (χ2v) is 9.36. The third-order valence-electron chi connectivity index (χ3n) is 1.76. The maximum absolute atomic E-state index is 10.2. The van der Waals surface area contributed by atoms with Gasteiger partial charge in [-0.2, -0.15) is 0 Å². The molecule has 0 aliphatic rings. The summed E-state index contributed by atoms with van der Waals surface area (Å²) in [5.74, 6) is 1.07. The Balaban J connectivity index is 2.87. The Hall–Kier alpha value is 0.619. The molecule has 0 bridgehead atoms. The molecule has 76 valence electrons. The number of unbranched alkanes of at least 4 members (excludes halogenated alkanes) is 5. The number of carbonyl (C=O) groups is 1. The zero-order chi connectivity index (χ0) is 9.94. The van der Waals surface area contributed by atoms with E-state index in [0.29, 0.717) is 0 Å². The molecule has 0 atom stereocenters. The van der Waals surface area contributed by atoms with Crippen LogP contribution in [-0.4, -0.2) is 34.6 Å². The summed E-state index contributed by atoms with van der Waals surface area (Å²) < 4.78 is -0.528. The number of hydrogen-bond acceptors (Lipinski definition) is 2. The third kappa shape index (κ3) is 12.6. The summed E-state index contributed by atoms with van der Waals surface area (Å²) in [6.07, 6.45) is 7.81. The molecule has 0 aliphatic carbocycles. The number of carboxylic acid groups (broad SMARTS) is 1. The topological polar surface area (TPSA) is 37.3 Å². The van der Waals surface area contributed by atoms with E-state index < -0.39 is 23.7 Å². The first kappa shape index (κ1) is 13.6. The predicted molar refractivity (Wildman–Crippen MR) is 59.6 cm³/mol. The summed E-state index contributed by atoms with van der Waals surface area (Å²) in [5.41, 5.74) is 0. The molecule has 0 heterocycles. The van der Waals surface area contributed by atoms with Gasteiger partial charge in [-0.25, -0.2) is 0 Å². The van der Waals surface area contributed by atoms with E-state index >= 15 is 0 Å². The molecule has 4 heteroatoms. The first-order valence-electron chi connectivity index (χ1n) is 4.88. The third-order valence-corrected chi connectivity index (χ3v) is 7.05. The van der Waals surface area contributed by atoms with Crippen molar-refractivity contribution in [3.63, 3.8) is 0 Å². The van der Waals surface area contributed by atoms with Gasteiger partial charge in [0.05, 0.1) is 0 Å². The van der Waals surface area contributed by atoms with Gasteiger partial charge >= 0.3 is 93.8 Å². The Kier molecular flexibility index (Phi) is 11.2. The summed E-state index contributed by atoms with van der Waals surface area (Å²) in [5, 5.41) is 8.44. The fraction of sp³-hybridized carbons (Fsp3) is 0.889. The minimum absolute atomic E-state index is 0.528. The van der Waals surface area contributed by atoms with Crippen molar-refractivity contribution in [3.05, 3.63) is 0 Å². The molecule has 0 aromatic heterocycles. The van der Waals surface area contributed by atoms with Crippen LogP contribution in [0.1, 0.15) is 45.4 Å². The van der Waals surface area contributed by atoms with Crippen LogP contribution in [0.5, 0.6) is 0 Å². The van der Waals surface area contributed by atoms with Crippen LogP contribution in [0.2, 0.25) is 0 Å². The quantitative estimate of drug-likeness (QED) is 0.524. The Bertz CT molecular complexity index is 131. The zero-order valence-corrected chi connectivity index (χ0v) is 11.9. The van der Waals surface area contributed by atoms with Crippen molar-refractivity contribution in [2.45, 2.75) is 45.4 Å². The van der Waals surface area contributed by atoms with Crippen LogP contribution in [0.3, 0.4) is 0 Å². The Labute approximate surface area is 93.5 Å². The first-order chi connectivity index (χ1) is 6.27. The van der Waals surface area contributed by atoms with E-state index in [4.69, 9.17) is 5.11 Å². The number of hydrogen-bond donors (Lipinski definition) is 1. The zero-order valence-electron chi connectivity index (χ0n) is 8.21. The van der Waals surface area contributed by atoms with Gasteiger partial charge in [0.25, 0.3) is 0 Å². The summed E-state index contributed by atoms with van der Waals surface area (Å²) in [6.45, 7) is 2.22. The van der Waals surface area contributed by atoms with Gasteiger partial charge in [0.2, 0.25) is 0 Å². The first-order valence-corrected chi connectivity index (χ1v) is 10.8. The van der Waals surface area contributed by atoms with Crippen molar-refractivity contribution in [2.75, 3.05) is 5.75 Å². The van der Waals surface area contributed by atoms with E-state index in [-0.39, 0.29) is 0 Å². The molecular formula is C9H18O2SSn. The van der Waals surface area contributed by atoms with E-state index in [0.717, 1.165) is 5.75 Å². The van der Waals surface area contributed by atoms with Crippen LogP contribution >= 0.6 is 8.95 Å². The monoisotopic (exact) mass is 310 g/mol. The molecule has 2 radical (unpaired) electrons. The van der Waals surface area contributed by atoms with Crippen molar-refractivity contribution >= 4 is 32.7 Å². The molecule has 0 aliphatic heterocycles. The van der Waals surface area contributed by atoms with Crippen molar-refractivity contribution in [1.29, 1.82) is 0 Å². The summed E-state index contributed by atoms with van der Waals surface area (Å²) in [7, 11) is 1.70. The molecule has 13 heavy (non-hydrogen) atoms. The summed E-state index contributed by atoms with van der Waals surface area (Å²) >= 11 is -1.12. The summed E-state index contributed by atoms with van der Waals surface area (Å²) in [4.78, 5) is 10.2. The molecule has 0 fully saturated rings. The minimum atomic E-state index is -1.12. The standard InChI is InChI=1S/C8H18S.CHO2.Sn/c1-2-3-4-5-6-7-8-9;2-1-3;/h9H,2-8H2,1H3;(H,2,3);/q;;+1/p-1. The van der Waals surface area contributed by atoms with Crippen LogP contribution in [0.4, 0.5) is 4.79 Å². The van der Waals surface area contributed by atoms with Crippen molar-refractivity contribution in [1.82, 2.24) is 0 Å². The molecule has 0 amide bonds. The molecular weight excluding hydrogens is 291 g/mol. The van der Waals surface area contributed by atoms with E-state index in [1.54, 1.807) is 8.95 Å². The van der Waals surface area contributed by atoms with Gasteiger partial charge in [-0.05, 0) is 0 Å². The van der Waals surface area contributed by atoms with Crippen LogP contribution in [0, 0.1) is 0 Å². The fourth-order valence-corrected chi connectivity index (χ4v) is 4.81. The van der Waals surface area contributed by atoms with Gasteiger partial charge in [-0.15, -0.1) is 0 Å². The van der Waals surface area contributed by atoms with E-state index in [2.05, 4.69) is 6.92 Å². The van der Waals surface area contributed by atoms with Crippen LogP contribution < -0.4 is 0 Å². The SMILES string of the molecule is CCCCCCCC[S][Sn][C](=O)O. The van der Waals surface area contributed by atoms with Gasteiger partial charge in [-0.1, -0.05) is 0 Å². The normalized spacial score (nSPS) is 10.2. The molecule has 0 aromatic rings. The fourth-order valence-electron chi connectivity index (χ4n) is 1.07. The predicted octanol–water partition coefficient (Wildman–Crippen LogP) is 3.38. The Morgan fingerprint density at radius 1 is 1.23 bits per heavy atom. The average molecular weight is 309 g/mol. The molecule has 0 spiro atoms. The van der Waals surface area contributed by atoms with Crippen molar-refractivity contribution in [3.8, 4) is 0 Å². The second-order valence-electron chi connectivity index (χ2n) is 3.02. The maximum atomic E-state index is 10.2. The van der Waals surface area contributed by atoms with Gasteiger partial charge in [0, 0.05) is 0 Å². The van der Waals surface area contributed by atoms with Gasteiger partial charge in [0.15, 0.2) is 0 Å². The Morgan fingerprint density at radius 3 is 2.46 bits per heavy atom. The average Bonchev–Trinajstić information content (AvgIpc) is 2.09. The van der Waals surface area contributed by atoms with Crippen molar-refractivity contribution in [2.24, 2.45) is 0 Å². The summed E-state index contributed by atoms with van der Waals surface area (Å²) in [6, 6.07) is 0. The van der Waals surface area contributed by atoms with Crippen LogP contribution in [0.25, 0.3) is 0 Å². The van der Waals surface area contributed by atoms with Crippen LogP contribution in [-0.2, 0) is 0 Å². The molecule has 0 aromatic carbocycles. The van der Waals surface area contributed by atoms with Crippen LogP contribution in [0.15, 0.2) is 0 Å². The van der Waals surface area contributed by atoms with Gasteiger partial charge in [-0.3, -0.25) is 0 Å². The van der Waals surface area contributed by atoms with Crippen molar-refractivity contribution < 1.29 is 9.90 Å². The van der Waals surface area contributed by atoms with E-state index in [9.17, 15) is 4.79 Å². The second kappa shape index (κ2) is 10.7.